The molecule has 0 aliphatic carbocycles. The summed E-state index contributed by atoms with van der Waals surface area (Å²) in [6.07, 6.45) is 4.82. The van der Waals surface area contributed by atoms with E-state index in [0.29, 0.717) is 23.1 Å². The molecule has 1 fully saturated rings. The number of hydrogen-bond donors (Lipinski definition) is 1. The van der Waals surface area contributed by atoms with Crippen molar-refractivity contribution in [2.24, 2.45) is 5.73 Å². The van der Waals surface area contributed by atoms with Crippen LogP contribution in [0.2, 0.25) is 0 Å². The van der Waals surface area contributed by atoms with Crippen molar-refractivity contribution in [2.45, 2.75) is 45.2 Å². The summed E-state index contributed by atoms with van der Waals surface area (Å²) in [5.74, 6) is -0.166. The van der Waals surface area contributed by atoms with Gasteiger partial charge in [-0.25, -0.2) is 4.39 Å². The van der Waals surface area contributed by atoms with Crippen molar-refractivity contribution < 1.29 is 4.39 Å². The molecule has 1 saturated heterocycles. The highest BCUT2D eigenvalue weighted by Crippen LogP contribution is 2.23. The van der Waals surface area contributed by atoms with Crippen molar-refractivity contribution in [1.29, 1.82) is 0 Å². The Morgan fingerprint density at radius 3 is 2.95 bits per heavy atom. The summed E-state index contributed by atoms with van der Waals surface area (Å²) in [4.78, 5) is 2.71. The van der Waals surface area contributed by atoms with E-state index in [0.717, 1.165) is 18.5 Å². The van der Waals surface area contributed by atoms with Gasteiger partial charge in [-0.05, 0) is 44.0 Å². The van der Waals surface area contributed by atoms with Crippen molar-refractivity contribution in [1.82, 2.24) is 4.90 Å². The quantitative estimate of drug-likeness (QED) is 0.859. The van der Waals surface area contributed by atoms with Crippen LogP contribution in [0.15, 0.2) is 18.2 Å². The second-order valence-corrected chi connectivity index (χ2v) is 5.64. The van der Waals surface area contributed by atoms with Crippen molar-refractivity contribution in [2.75, 3.05) is 6.54 Å². The number of benzene rings is 1. The molecule has 2 nitrogen and oxygen atoms in total. The van der Waals surface area contributed by atoms with Gasteiger partial charge in [0.05, 0.1) is 0 Å². The van der Waals surface area contributed by atoms with Gasteiger partial charge in [0.25, 0.3) is 0 Å². The van der Waals surface area contributed by atoms with E-state index in [9.17, 15) is 4.39 Å². The molecule has 2 N–H and O–H groups in total. The molecule has 0 amide bonds. The van der Waals surface area contributed by atoms with Crippen LogP contribution < -0.4 is 5.73 Å². The van der Waals surface area contributed by atoms with Crippen LogP contribution in [-0.4, -0.2) is 22.5 Å². The van der Waals surface area contributed by atoms with E-state index in [2.05, 4.69) is 11.8 Å². The van der Waals surface area contributed by atoms with Gasteiger partial charge in [-0.1, -0.05) is 25.6 Å². The largest absolute Gasteiger partial charge is 0.389 e. The molecule has 1 aliphatic heterocycles. The van der Waals surface area contributed by atoms with Crippen LogP contribution in [0.25, 0.3) is 0 Å². The number of thiocarbonyl (C=S) groups is 1. The summed E-state index contributed by atoms with van der Waals surface area (Å²) in [6.45, 7) is 3.90. The van der Waals surface area contributed by atoms with Gasteiger partial charge in [0, 0.05) is 23.7 Å². The molecule has 2 rings (SSSR count). The van der Waals surface area contributed by atoms with E-state index in [1.807, 2.05) is 0 Å². The summed E-state index contributed by atoms with van der Waals surface area (Å²) in [7, 11) is 0. The molecule has 0 saturated carbocycles. The first-order valence-corrected chi connectivity index (χ1v) is 7.35. The van der Waals surface area contributed by atoms with Gasteiger partial charge in [-0.2, -0.15) is 0 Å². The number of nitrogens with two attached hydrogens (primary N) is 1. The standard InChI is InChI=1S/C15H21FN2S/c1-2-13-5-3-4-8-18(13)10-12-9-11(15(17)19)6-7-14(12)16/h6-7,9,13H,2-5,8,10H2,1H3,(H2,17,19). The third-order valence-electron chi connectivity index (χ3n) is 3.92. The van der Waals surface area contributed by atoms with Gasteiger partial charge in [-0.3, -0.25) is 4.90 Å². The van der Waals surface area contributed by atoms with Crippen LogP contribution in [0.4, 0.5) is 4.39 Å². The minimum atomic E-state index is -0.166. The first-order valence-electron chi connectivity index (χ1n) is 6.94. The van der Waals surface area contributed by atoms with Crippen LogP contribution in [0.3, 0.4) is 0 Å². The molecule has 104 valence electrons. The number of halogens is 1. The topological polar surface area (TPSA) is 29.3 Å². The van der Waals surface area contributed by atoms with E-state index in [1.165, 1.54) is 25.3 Å². The van der Waals surface area contributed by atoms with Gasteiger partial charge >= 0.3 is 0 Å². The number of rotatable bonds is 4. The van der Waals surface area contributed by atoms with Crippen LogP contribution in [-0.2, 0) is 6.54 Å². The highest BCUT2D eigenvalue weighted by molar-refractivity contribution is 7.80. The monoisotopic (exact) mass is 280 g/mol. The second kappa shape index (κ2) is 6.44. The molecule has 19 heavy (non-hydrogen) atoms. The normalized spacial score (nSPS) is 20.4. The van der Waals surface area contributed by atoms with E-state index in [1.54, 1.807) is 12.1 Å². The third kappa shape index (κ3) is 3.51. The summed E-state index contributed by atoms with van der Waals surface area (Å²) in [6, 6.07) is 5.48. The average Bonchev–Trinajstić information content (AvgIpc) is 2.41. The zero-order chi connectivity index (χ0) is 13.8. The lowest BCUT2D eigenvalue weighted by atomic mass is 9.99. The molecule has 1 heterocycles. The van der Waals surface area contributed by atoms with E-state index < -0.39 is 0 Å². The average molecular weight is 280 g/mol. The molecular weight excluding hydrogens is 259 g/mol. The fraction of sp³-hybridized carbons (Fsp3) is 0.533. The lowest BCUT2D eigenvalue weighted by Gasteiger charge is -2.35. The first-order chi connectivity index (χ1) is 9.11. The van der Waals surface area contributed by atoms with Crippen LogP contribution in [0.1, 0.15) is 43.7 Å². The Balaban J connectivity index is 2.17. The lowest BCUT2D eigenvalue weighted by Crippen LogP contribution is -2.38. The predicted molar refractivity (Wildman–Crippen MR) is 80.6 cm³/mol. The predicted octanol–water partition coefficient (Wildman–Crippen LogP) is 3.22. The summed E-state index contributed by atoms with van der Waals surface area (Å²) in [5, 5.41) is 0. The van der Waals surface area contributed by atoms with Crippen LogP contribution >= 0.6 is 12.2 Å². The van der Waals surface area contributed by atoms with Gasteiger partial charge in [0.2, 0.25) is 0 Å². The number of likely N-dealkylation sites (tertiary alicyclic amines) is 1. The number of piperidine rings is 1. The number of nitrogens with zero attached hydrogens (tertiary/aromatic N) is 1. The minimum absolute atomic E-state index is 0.166. The van der Waals surface area contributed by atoms with E-state index in [-0.39, 0.29) is 5.82 Å². The fourth-order valence-electron chi connectivity index (χ4n) is 2.80. The number of hydrogen-bond acceptors (Lipinski definition) is 2. The Kier molecular flexibility index (Phi) is 4.88. The van der Waals surface area contributed by atoms with Crippen molar-refractivity contribution >= 4 is 17.2 Å². The molecule has 1 atom stereocenters. The van der Waals surface area contributed by atoms with Gasteiger partial charge in [0.1, 0.15) is 10.8 Å². The van der Waals surface area contributed by atoms with Gasteiger partial charge in [-0.15, -0.1) is 0 Å². The highest BCUT2D eigenvalue weighted by Gasteiger charge is 2.21. The first kappa shape index (κ1) is 14.4. The highest BCUT2D eigenvalue weighted by atomic mass is 32.1. The smallest absolute Gasteiger partial charge is 0.127 e. The maximum atomic E-state index is 13.9. The van der Waals surface area contributed by atoms with Crippen molar-refractivity contribution in [3.05, 3.63) is 35.1 Å². The SMILES string of the molecule is CCC1CCCCN1Cc1cc(C(N)=S)ccc1F. The molecular formula is C15H21FN2S. The minimum Gasteiger partial charge on any atom is -0.389 e. The van der Waals surface area contributed by atoms with E-state index in [4.69, 9.17) is 18.0 Å². The lowest BCUT2D eigenvalue weighted by molar-refractivity contribution is 0.134. The van der Waals surface area contributed by atoms with E-state index >= 15 is 0 Å². The summed E-state index contributed by atoms with van der Waals surface area (Å²) < 4.78 is 13.9. The zero-order valence-corrected chi connectivity index (χ0v) is 12.2. The Morgan fingerprint density at radius 2 is 2.26 bits per heavy atom. The Hall–Kier alpha value is -1.00. The van der Waals surface area contributed by atoms with Crippen LogP contribution in [0, 0.1) is 5.82 Å². The molecule has 0 radical (unpaired) electrons. The molecule has 1 aromatic rings. The van der Waals surface area contributed by atoms with Crippen LogP contribution in [0.5, 0.6) is 0 Å². The molecule has 1 aliphatic rings. The molecule has 1 aromatic carbocycles. The Morgan fingerprint density at radius 1 is 1.47 bits per heavy atom. The Bertz CT molecular complexity index is 461. The van der Waals surface area contributed by atoms with Gasteiger partial charge < -0.3 is 5.73 Å². The summed E-state index contributed by atoms with van der Waals surface area (Å²) in [5.41, 5.74) is 7.06. The maximum absolute atomic E-state index is 13.9. The zero-order valence-electron chi connectivity index (χ0n) is 11.4. The molecule has 0 aromatic heterocycles. The fourth-order valence-corrected chi connectivity index (χ4v) is 2.93. The molecule has 0 spiro atoms. The Labute approximate surface area is 119 Å². The second-order valence-electron chi connectivity index (χ2n) is 5.20. The molecule has 0 bridgehead atoms. The van der Waals surface area contributed by atoms with Crippen molar-refractivity contribution in [3.8, 4) is 0 Å². The van der Waals surface area contributed by atoms with Gasteiger partial charge in [0.15, 0.2) is 0 Å². The van der Waals surface area contributed by atoms with Crippen molar-refractivity contribution in [3.63, 3.8) is 0 Å². The third-order valence-corrected chi connectivity index (χ3v) is 4.16. The summed E-state index contributed by atoms with van der Waals surface area (Å²) >= 11 is 4.96. The molecule has 4 heteroatoms. The maximum Gasteiger partial charge on any atom is 0.127 e. The molecule has 1 unspecified atom stereocenters.